The number of rotatable bonds is 4. The van der Waals surface area contributed by atoms with Crippen LogP contribution in [0.3, 0.4) is 0 Å². The van der Waals surface area contributed by atoms with Crippen LogP contribution in [0.25, 0.3) is 0 Å². The lowest BCUT2D eigenvalue weighted by Crippen LogP contribution is -2.35. The molecule has 0 radical (unpaired) electrons. The minimum atomic E-state index is -1.06. The van der Waals surface area contributed by atoms with E-state index in [1.54, 1.807) is 0 Å². The Labute approximate surface area is 123 Å². The molecule has 1 aromatic rings. The van der Waals surface area contributed by atoms with Gasteiger partial charge in [-0.05, 0) is 12.0 Å². The molecule has 0 aromatic heterocycles. The van der Waals surface area contributed by atoms with Gasteiger partial charge in [-0.3, -0.25) is 4.79 Å². The second-order valence-electron chi connectivity index (χ2n) is 6.33. The van der Waals surface area contributed by atoms with E-state index in [2.05, 4.69) is 0 Å². The van der Waals surface area contributed by atoms with Crippen LogP contribution in [0.2, 0.25) is 0 Å². The molecule has 1 saturated heterocycles. The molecule has 1 aliphatic rings. The van der Waals surface area contributed by atoms with Crippen molar-refractivity contribution in [2.24, 2.45) is 11.3 Å². The summed E-state index contributed by atoms with van der Waals surface area (Å²) in [6.07, 6.45) is -1.55. The molecule has 5 nitrogen and oxygen atoms in total. The van der Waals surface area contributed by atoms with Crippen LogP contribution in [0.4, 0.5) is 0 Å². The highest BCUT2D eigenvalue weighted by Crippen LogP contribution is 2.33. The molecule has 0 amide bonds. The average molecular weight is 292 g/mol. The van der Waals surface area contributed by atoms with Gasteiger partial charge in [0.1, 0.15) is 0 Å². The zero-order chi connectivity index (χ0) is 15.6. The lowest BCUT2D eigenvalue weighted by molar-refractivity contribution is -0.155. The van der Waals surface area contributed by atoms with Crippen LogP contribution in [0.5, 0.6) is 0 Å². The molecule has 1 heterocycles. The van der Waals surface area contributed by atoms with Gasteiger partial charge < -0.3 is 14.6 Å². The summed E-state index contributed by atoms with van der Waals surface area (Å²) < 4.78 is 10.8. The zero-order valence-corrected chi connectivity index (χ0v) is 12.4. The van der Waals surface area contributed by atoms with Crippen molar-refractivity contribution in [3.63, 3.8) is 0 Å². The third-order valence-corrected chi connectivity index (χ3v) is 3.41. The second-order valence-corrected chi connectivity index (χ2v) is 6.33. The van der Waals surface area contributed by atoms with E-state index in [-0.39, 0.29) is 11.8 Å². The first kappa shape index (κ1) is 15.5. The number of carbonyl (C=O) groups is 2. The number of carboxylic acid groups (broad SMARTS) is 1. The Morgan fingerprint density at radius 1 is 1.29 bits per heavy atom. The van der Waals surface area contributed by atoms with Crippen LogP contribution in [0.15, 0.2) is 30.3 Å². The molecular formula is C16H20O5. The normalized spacial score (nSPS) is 23.7. The smallest absolute Gasteiger partial charge is 0.338 e. The van der Waals surface area contributed by atoms with Gasteiger partial charge in [-0.15, -0.1) is 0 Å². The molecule has 1 unspecified atom stereocenters. The van der Waals surface area contributed by atoms with Gasteiger partial charge in [-0.2, -0.15) is 0 Å². The summed E-state index contributed by atoms with van der Waals surface area (Å²) in [5, 5.41) is 9.41. The van der Waals surface area contributed by atoms with Crippen LogP contribution in [-0.2, 0) is 25.5 Å². The first-order chi connectivity index (χ1) is 9.79. The van der Waals surface area contributed by atoms with E-state index in [9.17, 15) is 14.7 Å². The van der Waals surface area contributed by atoms with Crippen molar-refractivity contribution in [2.45, 2.75) is 39.6 Å². The van der Waals surface area contributed by atoms with Crippen LogP contribution < -0.4 is 0 Å². The Kier molecular flexibility index (Phi) is 4.32. The largest absolute Gasteiger partial charge is 0.481 e. The summed E-state index contributed by atoms with van der Waals surface area (Å²) in [5.41, 5.74) is 0.459. The fourth-order valence-electron chi connectivity index (χ4n) is 2.22. The summed E-state index contributed by atoms with van der Waals surface area (Å²) >= 11 is 0. The number of cyclic esters (lactones) is 1. The Balaban J connectivity index is 2.16. The van der Waals surface area contributed by atoms with Crippen molar-refractivity contribution in [3.8, 4) is 0 Å². The molecule has 114 valence electrons. The van der Waals surface area contributed by atoms with Crippen LogP contribution in [0.1, 0.15) is 26.3 Å². The highest BCUT2D eigenvalue weighted by Gasteiger charge is 2.47. The maximum atomic E-state index is 12.0. The Bertz CT molecular complexity index is 517. The van der Waals surface area contributed by atoms with E-state index in [1.165, 1.54) is 0 Å². The molecule has 1 aliphatic heterocycles. The number of hydrogen-bond donors (Lipinski definition) is 1. The molecule has 0 aliphatic carbocycles. The van der Waals surface area contributed by atoms with Crippen LogP contribution in [0, 0.1) is 11.3 Å². The van der Waals surface area contributed by atoms with Gasteiger partial charge in [0.25, 0.3) is 0 Å². The van der Waals surface area contributed by atoms with Crippen LogP contribution in [-0.4, -0.2) is 29.4 Å². The number of carboxylic acids is 1. The van der Waals surface area contributed by atoms with Crippen molar-refractivity contribution in [1.29, 1.82) is 0 Å². The van der Waals surface area contributed by atoms with Crippen molar-refractivity contribution < 1.29 is 24.2 Å². The standard InChI is InChI=1S/C16H20O5/c1-16(2,3)15-20-12(14(19)21-15)11(13(17)18)9-10-7-5-4-6-8-10/h4-8,11-12,15H,9H2,1-3H3,(H,17,18)/t11?,12-,15-/m1/s1. The zero-order valence-electron chi connectivity index (χ0n) is 12.4. The third kappa shape index (κ3) is 3.61. The topological polar surface area (TPSA) is 72.8 Å². The van der Waals surface area contributed by atoms with Gasteiger partial charge in [-0.25, -0.2) is 4.79 Å². The molecule has 2 rings (SSSR count). The second kappa shape index (κ2) is 5.85. The van der Waals surface area contributed by atoms with E-state index in [0.717, 1.165) is 5.56 Å². The number of aliphatic carboxylic acids is 1. The first-order valence-corrected chi connectivity index (χ1v) is 6.91. The van der Waals surface area contributed by atoms with E-state index < -0.39 is 30.3 Å². The fourth-order valence-corrected chi connectivity index (χ4v) is 2.22. The lowest BCUT2D eigenvalue weighted by atomic mass is 9.93. The number of ether oxygens (including phenoxy) is 2. The maximum absolute atomic E-state index is 12.0. The molecule has 0 bridgehead atoms. The average Bonchev–Trinajstić information content (AvgIpc) is 2.79. The molecule has 0 saturated carbocycles. The monoisotopic (exact) mass is 292 g/mol. The van der Waals surface area contributed by atoms with E-state index >= 15 is 0 Å². The quantitative estimate of drug-likeness (QED) is 0.862. The fraction of sp³-hybridized carbons (Fsp3) is 0.500. The maximum Gasteiger partial charge on any atom is 0.338 e. The summed E-state index contributed by atoms with van der Waals surface area (Å²) in [6.45, 7) is 5.63. The number of benzene rings is 1. The lowest BCUT2D eigenvalue weighted by Gasteiger charge is -2.24. The molecule has 1 N–H and O–H groups in total. The summed E-state index contributed by atoms with van der Waals surface area (Å²) in [5.74, 6) is -2.61. The predicted octanol–water partition coefficient (Wildman–Crippen LogP) is 2.24. The van der Waals surface area contributed by atoms with Gasteiger partial charge in [0, 0.05) is 5.41 Å². The molecular weight excluding hydrogens is 272 g/mol. The summed E-state index contributed by atoms with van der Waals surface area (Å²) in [7, 11) is 0. The van der Waals surface area contributed by atoms with Crippen LogP contribution >= 0.6 is 0 Å². The number of esters is 1. The number of carbonyl (C=O) groups excluding carboxylic acids is 1. The predicted molar refractivity (Wildman–Crippen MR) is 75.5 cm³/mol. The third-order valence-electron chi connectivity index (χ3n) is 3.41. The van der Waals surface area contributed by atoms with Gasteiger partial charge in [0.05, 0.1) is 5.92 Å². The van der Waals surface area contributed by atoms with Gasteiger partial charge in [0.15, 0.2) is 6.10 Å². The molecule has 5 heteroatoms. The molecule has 21 heavy (non-hydrogen) atoms. The minimum Gasteiger partial charge on any atom is -0.481 e. The SMILES string of the molecule is CC(C)(C)[C@H]1OC(=O)[C@@H](C(Cc2ccccc2)C(=O)O)O1. The van der Waals surface area contributed by atoms with Gasteiger partial charge >= 0.3 is 11.9 Å². The van der Waals surface area contributed by atoms with Crippen molar-refractivity contribution in [3.05, 3.63) is 35.9 Å². The Morgan fingerprint density at radius 2 is 1.90 bits per heavy atom. The van der Waals surface area contributed by atoms with Crippen molar-refractivity contribution >= 4 is 11.9 Å². The highest BCUT2D eigenvalue weighted by molar-refractivity contribution is 5.84. The minimum absolute atomic E-state index is 0.229. The van der Waals surface area contributed by atoms with E-state index in [4.69, 9.17) is 9.47 Å². The van der Waals surface area contributed by atoms with Crippen molar-refractivity contribution in [1.82, 2.24) is 0 Å². The first-order valence-electron chi connectivity index (χ1n) is 6.91. The summed E-state index contributed by atoms with van der Waals surface area (Å²) in [4.78, 5) is 23.5. The Hall–Kier alpha value is -1.88. The molecule has 3 atom stereocenters. The Morgan fingerprint density at radius 3 is 2.38 bits per heavy atom. The van der Waals surface area contributed by atoms with Crippen molar-refractivity contribution in [2.75, 3.05) is 0 Å². The molecule has 0 spiro atoms. The molecule has 1 fully saturated rings. The summed E-state index contributed by atoms with van der Waals surface area (Å²) in [6, 6.07) is 9.18. The molecule has 1 aromatic carbocycles. The highest BCUT2D eigenvalue weighted by atomic mass is 16.8. The van der Waals surface area contributed by atoms with Gasteiger partial charge in [-0.1, -0.05) is 51.1 Å². The van der Waals surface area contributed by atoms with E-state index in [1.807, 2.05) is 51.1 Å². The van der Waals surface area contributed by atoms with Gasteiger partial charge in [0.2, 0.25) is 6.29 Å². The number of hydrogen-bond acceptors (Lipinski definition) is 4. The van der Waals surface area contributed by atoms with E-state index in [0.29, 0.717) is 0 Å².